The van der Waals surface area contributed by atoms with Crippen LogP contribution in [0.2, 0.25) is 0 Å². The van der Waals surface area contributed by atoms with E-state index in [1.807, 2.05) is 6.92 Å². The van der Waals surface area contributed by atoms with E-state index in [0.29, 0.717) is 12.8 Å². The topological polar surface area (TPSA) is 52.6 Å². The van der Waals surface area contributed by atoms with Crippen molar-refractivity contribution >= 4 is 5.97 Å². The van der Waals surface area contributed by atoms with Crippen LogP contribution in [0.5, 0.6) is 0 Å². The van der Waals surface area contributed by atoms with E-state index in [0.717, 1.165) is 38.4 Å². The number of hydrogen-bond acceptors (Lipinski definition) is 3. The van der Waals surface area contributed by atoms with E-state index in [9.17, 15) is 9.90 Å². The molecule has 0 aliphatic heterocycles. The average molecular weight is 286 g/mol. The van der Waals surface area contributed by atoms with E-state index in [4.69, 9.17) is 0 Å². The Balaban J connectivity index is 4.22. The first-order valence-electron chi connectivity index (χ1n) is 8.05. The molecule has 0 rings (SSSR count). The molecular formula is C16H34N2O2. The Kier molecular flexibility index (Phi) is 9.86. The van der Waals surface area contributed by atoms with Crippen LogP contribution in [-0.2, 0) is 4.79 Å². The Hall–Kier alpha value is -0.610. The van der Waals surface area contributed by atoms with Gasteiger partial charge in [0.05, 0.1) is 0 Å². The molecule has 0 amide bonds. The summed E-state index contributed by atoms with van der Waals surface area (Å²) in [5.74, 6) is 0.00991. The number of carbonyl (C=O) groups is 1. The summed E-state index contributed by atoms with van der Waals surface area (Å²) in [4.78, 5) is 13.9. The predicted octanol–water partition coefficient (Wildman–Crippen LogP) is 2.98. The van der Waals surface area contributed by atoms with E-state index in [-0.39, 0.29) is 0 Å². The van der Waals surface area contributed by atoms with Gasteiger partial charge in [0.25, 0.3) is 0 Å². The molecule has 0 bridgehead atoms. The highest BCUT2D eigenvalue weighted by molar-refractivity contribution is 5.78. The number of carboxylic acids is 1. The van der Waals surface area contributed by atoms with Crippen LogP contribution in [-0.4, -0.2) is 48.2 Å². The van der Waals surface area contributed by atoms with Crippen molar-refractivity contribution in [1.82, 2.24) is 10.2 Å². The van der Waals surface area contributed by atoms with Crippen LogP contribution in [0.1, 0.15) is 59.8 Å². The van der Waals surface area contributed by atoms with Gasteiger partial charge in [0.2, 0.25) is 0 Å². The van der Waals surface area contributed by atoms with Gasteiger partial charge >= 0.3 is 5.97 Å². The fourth-order valence-corrected chi connectivity index (χ4v) is 2.33. The molecule has 2 N–H and O–H groups in total. The van der Waals surface area contributed by atoms with Crippen LogP contribution in [0.25, 0.3) is 0 Å². The van der Waals surface area contributed by atoms with Gasteiger partial charge in [-0.05, 0) is 64.7 Å². The van der Waals surface area contributed by atoms with Crippen LogP contribution in [0.15, 0.2) is 0 Å². The molecule has 4 nitrogen and oxygen atoms in total. The highest BCUT2D eigenvalue weighted by Crippen LogP contribution is 2.18. The molecule has 0 aliphatic rings. The maximum atomic E-state index is 11.6. The highest BCUT2D eigenvalue weighted by Gasteiger charge is 2.35. The molecule has 4 heteroatoms. The number of hydrogen-bond donors (Lipinski definition) is 2. The van der Waals surface area contributed by atoms with Gasteiger partial charge in [-0.1, -0.05) is 27.7 Å². The summed E-state index contributed by atoms with van der Waals surface area (Å²) in [7, 11) is 2.12. The Labute approximate surface area is 124 Å². The van der Waals surface area contributed by atoms with Crippen LogP contribution in [0.3, 0.4) is 0 Å². The van der Waals surface area contributed by atoms with Crippen molar-refractivity contribution in [1.29, 1.82) is 0 Å². The minimum absolute atomic E-state index is 0.637. The third kappa shape index (κ3) is 7.25. The predicted molar refractivity (Wildman–Crippen MR) is 85.1 cm³/mol. The average Bonchev–Trinajstić information content (AvgIpc) is 2.40. The van der Waals surface area contributed by atoms with Crippen LogP contribution in [0, 0.1) is 5.92 Å². The second-order valence-electron chi connectivity index (χ2n) is 6.26. The Morgan fingerprint density at radius 3 is 2.40 bits per heavy atom. The molecule has 0 saturated carbocycles. The van der Waals surface area contributed by atoms with Crippen molar-refractivity contribution in [3.05, 3.63) is 0 Å². The zero-order valence-corrected chi connectivity index (χ0v) is 14.0. The molecule has 1 unspecified atom stereocenters. The second-order valence-corrected chi connectivity index (χ2v) is 6.26. The van der Waals surface area contributed by atoms with E-state index >= 15 is 0 Å². The first kappa shape index (κ1) is 19.4. The molecule has 0 heterocycles. The number of rotatable bonds is 12. The number of nitrogens with zero attached hydrogens (tertiary/aromatic N) is 1. The van der Waals surface area contributed by atoms with Gasteiger partial charge < -0.3 is 15.3 Å². The Morgan fingerprint density at radius 1 is 1.30 bits per heavy atom. The fourth-order valence-electron chi connectivity index (χ4n) is 2.33. The van der Waals surface area contributed by atoms with E-state index < -0.39 is 11.5 Å². The zero-order chi connectivity index (χ0) is 15.6. The lowest BCUT2D eigenvalue weighted by molar-refractivity contribution is -0.145. The molecular weight excluding hydrogens is 252 g/mol. The normalized spacial score (nSPS) is 14.8. The van der Waals surface area contributed by atoms with Gasteiger partial charge in [-0.3, -0.25) is 4.79 Å². The quantitative estimate of drug-likeness (QED) is 0.579. The number of nitrogens with one attached hydrogen (secondary N) is 1. The van der Waals surface area contributed by atoms with Crippen molar-refractivity contribution in [3.63, 3.8) is 0 Å². The van der Waals surface area contributed by atoms with E-state index in [1.54, 1.807) is 0 Å². The molecule has 0 aliphatic carbocycles. The lowest BCUT2D eigenvalue weighted by atomic mass is 9.90. The molecule has 20 heavy (non-hydrogen) atoms. The SMILES string of the molecule is CCCNC(CC)(CCCN(C)CCC(C)C)C(=O)O. The molecule has 0 aromatic heterocycles. The fraction of sp³-hybridized carbons (Fsp3) is 0.938. The summed E-state index contributed by atoms with van der Waals surface area (Å²) >= 11 is 0. The summed E-state index contributed by atoms with van der Waals surface area (Å²) in [5.41, 5.74) is -0.741. The minimum atomic E-state index is -0.741. The van der Waals surface area contributed by atoms with Crippen molar-refractivity contribution in [2.24, 2.45) is 5.92 Å². The lowest BCUT2D eigenvalue weighted by Crippen LogP contribution is -2.52. The first-order valence-corrected chi connectivity index (χ1v) is 8.05. The Bertz CT molecular complexity index is 269. The van der Waals surface area contributed by atoms with Gasteiger partial charge in [0.1, 0.15) is 5.54 Å². The molecule has 0 spiro atoms. The monoisotopic (exact) mass is 286 g/mol. The van der Waals surface area contributed by atoms with Crippen LogP contribution in [0.4, 0.5) is 0 Å². The van der Waals surface area contributed by atoms with Gasteiger partial charge in [0.15, 0.2) is 0 Å². The minimum Gasteiger partial charge on any atom is -0.480 e. The molecule has 1 atom stereocenters. The summed E-state index contributed by atoms with van der Waals surface area (Å²) in [6.07, 6.45) is 4.42. The smallest absolute Gasteiger partial charge is 0.323 e. The van der Waals surface area contributed by atoms with Crippen molar-refractivity contribution < 1.29 is 9.90 Å². The Morgan fingerprint density at radius 2 is 1.95 bits per heavy atom. The van der Waals surface area contributed by atoms with E-state index in [2.05, 4.69) is 38.0 Å². The lowest BCUT2D eigenvalue weighted by Gasteiger charge is -2.30. The molecule has 0 aromatic rings. The largest absolute Gasteiger partial charge is 0.480 e. The van der Waals surface area contributed by atoms with Crippen LogP contribution >= 0.6 is 0 Å². The van der Waals surface area contributed by atoms with Gasteiger partial charge in [-0.15, -0.1) is 0 Å². The standard InChI is InChI=1S/C16H34N2O2/c1-6-11-17-16(7-2,15(19)20)10-8-12-18(5)13-9-14(3)4/h14,17H,6-13H2,1-5H3,(H,19,20). The molecule has 120 valence electrons. The summed E-state index contributed by atoms with van der Waals surface area (Å²) in [6.45, 7) is 11.3. The third-order valence-corrected chi connectivity index (χ3v) is 3.96. The molecule has 0 aromatic carbocycles. The van der Waals surface area contributed by atoms with Crippen molar-refractivity contribution in [2.75, 3.05) is 26.7 Å². The highest BCUT2D eigenvalue weighted by atomic mass is 16.4. The molecule has 0 radical (unpaired) electrons. The maximum Gasteiger partial charge on any atom is 0.323 e. The number of carboxylic acid groups (broad SMARTS) is 1. The van der Waals surface area contributed by atoms with Gasteiger partial charge in [0, 0.05) is 0 Å². The molecule has 0 saturated heterocycles. The van der Waals surface area contributed by atoms with Crippen molar-refractivity contribution in [3.8, 4) is 0 Å². The summed E-state index contributed by atoms with van der Waals surface area (Å²) < 4.78 is 0. The molecule has 0 fully saturated rings. The third-order valence-electron chi connectivity index (χ3n) is 3.96. The van der Waals surface area contributed by atoms with Crippen LogP contribution < -0.4 is 5.32 Å². The van der Waals surface area contributed by atoms with Crippen molar-refractivity contribution in [2.45, 2.75) is 65.3 Å². The first-order chi connectivity index (χ1) is 9.38. The maximum absolute atomic E-state index is 11.6. The van der Waals surface area contributed by atoms with E-state index in [1.165, 1.54) is 6.42 Å². The zero-order valence-electron chi connectivity index (χ0n) is 14.0. The van der Waals surface area contributed by atoms with Gasteiger partial charge in [-0.25, -0.2) is 0 Å². The number of aliphatic carboxylic acids is 1. The van der Waals surface area contributed by atoms with Gasteiger partial charge in [-0.2, -0.15) is 0 Å². The summed E-state index contributed by atoms with van der Waals surface area (Å²) in [6, 6.07) is 0. The second kappa shape index (κ2) is 10.2. The summed E-state index contributed by atoms with van der Waals surface area (Å²) in [5, 5.41) is 12.8.